The fraction of sp³-hybridized carbons (Fsp3) is 0.130. The van der Waals surface area contributed by atoms with Crippen molar-refractivity contribution in [3.63, 3.8) is 0 Å². The SMILES string of the molecule is CC(C)(c1cc(Cl)cc(-c2ccc(Cl)nc2Cl)n1)c1cc(Cl)cc(-c2ccc(Cl)nc2Cl)n1. The monoisotopic (exact) mass is 556 g/mol. The summed E-state index contributed by atoms with van der Waals surface area (Å²) >= 11 is 37.4. The molecular formula is C23H14Cl6N4. The van der Waals surface area contributed by atoms with Crippen molar-refractivity contribution in [2.75, 3.05) is 0 Å². The van der Waals surface area contributed by atoms with Crippen LogP contribution in [0.5, 0.6) is 0 Å². The van der Waals surface area contributed by atoms with E-state index in [4.69, 9.17) is 79.6 Å². The summed E-state index contributed by atoms with van der Waals surface area (Å²) in [7, 11) is 0. The third-order valence-electron chi connectivity index (χ3n) is 5.04. The minimum absolute atomic E-state index is 0.231. The Labute approximate surface area is 220 Å². The van der Waals surface area contributed by atoms with Crippen molar-refractivity contribution in [2.45, 2.75) is 19.3 Å². The van der Waals surface area contributed by atoms with E-state index in [0.717, 1.165) is 0 Å². The summed E-state index contributed by atoms with van der Waals surface area (Å²) in [5.74, 6) is 0. The number of aromatic nitrogens is 4. The summed E-state index contributed by atoms with van der Waals surface area (Å²) in [4.78, 5) is 17.8. The number of hydrogen-bond donors (Lipinski definition) is 0. The molecule has 0 saturated carbocycles. The highest BCUT2D eigenvalue weighted by Gasteiger charge is 2.29. The zero-order valence-corrected chi connectivity index (χ0v) is 21.7. The van der Waals surface area contributed by atoms with Crippen molar-refractivity contribution >= 4 is 69.6 Å². The quantitative estimate of drug-likeness (QED) is 0.235. The zero-order valence-electron chi connectivity index (χ0n) is 17.2. The molecule has 0 saturated heterocycles. The first-order valence-electron chi connectivity index (χ1n) is 9.55. The van der Waals surface area contributed by atoms with Gasteiger partial charge in [0, 0.05) is 26.6 Å². The van der Waals surface area contributed by atoms with E-state index in [0.29, 0.717) is 43.9 Å². The van der Waals surface area contributed by atoms with Crippen LogP contribution in [-0.2, 0) is 5.41 Å². The molecular weight excluding hydrogens is 545 g/mol. The molecule has 0 aliphatic carbocycles. The van der Waals surface area contributed by atoms with Gasteiger partial charge in [-0.05, 0) is 62.4 Å². The van der Waals surface area contributed by atoms with Gasteiger partial charge in [-0.2, -0.15) is 0 Å². The van der Waals surface area contributed by atoms with Crippen molar-refractivity contribution in [3.8, 4) is 22.5 Å². The first kappa shape index (κ1) is 24.5. The molecule has 4 rings (SSSR count). The van der Waals surface area contributed by atoms with Crippen LogP contribution in [0.25, 0.3) is 22.5 Å². The highest BCUT2D eigenvalue weighted by Crippen LogP contribution is 2.37. The molecule has 0 atom stereocenters. The van der Waals surface area contributed by atoms with Gasteiger partial charge >= 0.3 is 0 Å². The molecule has 0 bridgehead atoms. The molecule has 0 radical (unpaired) electrons. The van der Waals surface area contributed by atoms with E-state index in [1.165, 1.54) is 0 Å². The molecule has 0 aromatic carbocycles. The van der Waals surface area contributed by atoms with Gasteiger partial charge < -0.3 is 0 Å². The van der Waals surface area contributed by atoms with Gasteiger partial charge in [-0.25, -0.2) is 9.97 Å². The lowest BCUT2D eigenvalue weighted by molar-refractivity contribution is 0.597. The molecule has 0 amide bonds. The third-order valence-corrected chi connectivity index (χ3v) is 6.48. The minimum Gasteiger partial charge on any atom is -0.252 e. The van der Waals surface area contributed by atoms with E-state index in [9.17, 15) is 0 Å². The van der Waals surface area contributed by atoms with Crippen LogP contribution in [0.4, 0.5) is 0 Å². The number of nitrogens with zero attached hydrogens (tertiary/aromatic N) is 4. The maximum atomic E-state index is 6.46. The predicted molar refractivity (Wildman–Crippen MR) is 137 cm³/mol. The molecule has 4 aromatic rings. The second-order valence-corrected chi connectivity index (χ2v) is 10.0. The van der Waals surface area contributed by atoms with E-state index < -0.39 is 5.41 Å². The Morgan fingerprint density at radius 2 is 0.939 bits per heavy atom. The number of rotatable bonds is 4. The van der Waals surface area contributed by atoms with E-state index >= 15 is 0 Å². The van der Waals surface area contributed by atoms with Crippen molar-refractivity contribution in [2.24, 2.45) is 0 Å². The van der Waals surface area contributed by atoms with Crippen LogP contribution >= 0.6 is 69.6 Å². The van der Waals surface area contributed by atoms with Crippen molar-refractivity contribution in [1.29, 1.82) is 0 Å². The molecule has 10 heteroatoms. The molecule has 0 aliphatic rings. The summed E-state index contributed by atoms with van der Waals surface area (Å²) in [6.07, 6.45) is 0. The van der Waals surface area contributed by atoms with Gasteiger partial charge in [0.1, 0.15) is 20.6 Å². The average molecular weight is 559 g/mol. The molecule has 4 heterocycles. The minimum atomic E-state index is -0.683. The van der Waals surface area contributed by atoms with Gasteiger partial charge in [0.25, 0.3) is 0 Å². The van der Waals surface area contributed by atoms with E-state index in [1.54, 1.807) is 48.5 Å². The molecule has 4 nitrogen and oxygen atoms in total. The Bertz CT molecular complexity index is 1270. The fourth-order valence-corrected chi connectivity index (χ4v) is 4.54. The Balaban J connectivity index is 1.83. The average Bonchev–Trinajstić information content (AvgIpc) is 2.72. The van der Waals surface area contributed by atoms with Gasteiger partial charge in [-0.15, -0.1) is 0 Å². The maximum absolute atomic E-state index is 6.46. The molecule has 168 valence electrons. The second kappa shape index (κ2) is 9.53. The van der Waals surface area contributed by atoms with Crippen molar-refractivity contribution < 1.29 is 0 Å². The molecule has 0 aliphatic heterocycles. The van der Waals surface area contributed by atoms with Gasteiger partial charge in [0.15, 0.2) is 0 Å². The van der Waals surface area contributed by atoms with Crippen LogP contribution in [0, 0.1) is 0 Å². The van der Waals surface area contributed by atoms with Crippen LogP contribution in [0.2, 0.25) is 30.7 Å². The summed E-state index contributed by atoms with van der Waals surface area (Å²) < 4.78 is 0. The zero-order chi connectivity index (χ0) is 23.9. The number of hydrogen-bond acceptors (Lipinski definition) is 4. The normalized spacial score (nSPS) is 11.6. The van der Waals surface area contributed by atoms with Crippen LogP contribution in [0.3, 0.4) is 0 Å². The van der Waals surface area contributed by atoms with Crippen LogP contribution < -0.4 is 0 Å². The predicted octanol–water partition coefficient (Wildman–Crippen LogP) is 8.85. The standard InChI is InChI=1S/C23H14Cl6N4/c1-23(2,17-9-11(24)7-15(30-17)13-3-5-19(26)32-21(13)28)18-10-12(25)8-16(31-18)14-4-6-20(27)33-22(14)29/h3-10H,1-2H3. The van der Waals surface area contributed by atoms with Crippen molar-refractivity contribution in [3.05, 3.63) is 90.6 Å². The molecule has 0 spiro atoms. The van der Waals surface area contributed by atoms with Gasteiger partial charge in [-0.1, -0.05) is 69.6 Å². The summed E-state index contributed by atoms with van der Waals surface area (Å²) in [6, 6.07) is 13.8. The summed E-state index contributed by atoms with van der Waals surface area (Å²) in [5, 5.41) is 2.01. The lowest BCUT2D eigenvalue weighted by Crippen LogP contribution is -2.23. The first-order chi connectivity index (χ1) is 15.5. The maximum Gasteiger partial charge on any atom is 0.140 e. The van der Waals surface area contributed by atoms with Gasteiger partial charge in [0.2, 0.25) is 0 Å². The fourth-order valence-electron chi connectivity index (χ4n) is 3.25. The number of halogens is 6. The smallest absolute Gasteiger partial charge is 0.140 e. The lowest BCUT2D eigenvalue weighted by atomic mass is 9.84. The summed E-state index contributed by atoms with van der Waals surface area (Å²) in [5.41, 5.74) is 2.99. The topological polar surface area (TPSA) is 51.6 Å². The van der Waals surface area contributed by atoms with E-state index in [-0.39, 0.29) is 20.6 Å². The Hall–Kier alpha value is -1.66. The Morgan fingerprint density at radius 1 is 0.545 bits per heavy atom. The highest BCUT2D eigenvalue weighted by atomic mass is 35.5. The Morgan fingerprint density at radius 3 is 1.30 bits per heavy atom. The lowest BCUT2D eigenvalue weighted by Gasteiger charge is -2.25. The second-order valence-electron chi connectivity index (χ2n) is 7.68. The molecule has 0 fully saturated rings. The van der Waals surface area contributed by atoms with Crippen molar-refractivity contribution in [1.82, 2.24) is 19.9 Å². The van der Waals surface area contributed by atoms with E-state index in [2.05, 4.69) is 9.97 Å². The van der Waals surface area contributed by atoms with Crippen LogP contribution in [0.15, 0.2) is 48.5 Å². The van der Waals surface area contributed by atoms with Crippen LogP contribution in [0.1, 0.15) is 25.2 Å². The molecule has 4 aromatic heterocycles. The number of pyridine rings is 4. The van der Waals surface area contributed by atoms with Gasteiger partial charge in [-0.3, -0.25) is 9.97 Å². The van der Waals surface area contributed by atoms with E-state index in [1.807, 2.05) is 13.8 Å². The van der Waals surface area contributed by atoms with Gasteiger partial charge in [0.05, 0.1) is 22.8 Å². The molecule has 0 unspecified atom stereocenters. The van der Waals surface area contributed by atoms with Crippen LogP contribution in [-0.4, -0.2) is 19.9 Å². The summed E-state index contributed by atoms with van der Waals surface area (Å²) in [6.45, 7) is 3.95. The Kier molecular flexibility index (Phi) is 7.07. The third kappa shape index (κ3) is 5.22. The highest BCUT2D eigenvalue weighted by molar-refractivity contribution is 6.35. The molecule has 0 N–H and O–H groups in total. The first-order valence-corrected chi connectivity index (χ1v) is 11.8. The molecule has 33 heavy (non-hydrogen) atoms. The largest absolute Gasteiger partial charge is 0.252 e.